The molecule has 10 heteroatoms. The Hall–Kier alpha value is -2.10. The number of nitrogens with zero attached hydrogens (tertiary/aromatic N) is 2. The second-order valence-corrected chi connectivity index (χ2v) is 5.09. The maximum atomic E-state index is 12.9. The summed E-state index contributed by atoms with van der Waals surface area (Å²) in [5.74, 6) is -0.518. The largest absolute Gasteiger partial charge is 0.461 e. The van der Waals surface area contributed by atoms with Gasteiger partial charge in [-0.15, -0.1) is 0 Å². The van der Waals surface area contributed by atoms with Crippen LogP contribution >= 0.6 is 15.9 Å². The lowest BCUT2D eigenvalue weighted by Crippen LogP contribution is -2.33. The van der Waals surface area contributed by atoms with E-state index in [9.17, 15) is 22.4 Å². The van der Waals surface area contributed by atoms with E-state index in [0.717, 1.165) is 16.8 Å². The van der Waals surface area contributed by atoms with Gasteiger partial charge in [-0.3, -0.25) is 4.79 Å². The summed E-state index contributed by atoms with van der Waals surface area (Å²) >= 11 is 3.09. The number of hydrogen-bond acceptors (Lipinski definition) is 4. The molecule has 0 bridgehead atoms. The highest BCUT2D eigenvalue weighted by molar-refractivity contribution is 9.10. The first kappa shape index (κ1) is 17.3. The Bertz CT molecular complexity index is 767. The quantitative estimate of drug-likeness (QED) is 0.789. The number of nitrogens with one attached hydrogen (secondary N) is 1. The summed E-state index contributed by atoms with van der Waals surface area (Å²) in [6, 6.07) is 4.76. The molecule has 0 radical (unpaired) electrons. The SMILES string of the molecule is CNc1cnn(-c2cccc(OC(F)(F)C(F)F)c2)c(=O)c1Br. The van der Waals surface area contributed by atoms with Crippen molar-refractivity contribution in [3.63, 3.8) is 0 Å². The van der Waals surface area contributed by atoms with E-state index in [0.29, 0.717) is 5.69 Å². The highest BCUT2D eigenvalue weighted by Gasteiger charge is 2.44. The molecule has 23 heavy (non-hydrogen) atoms. The van der Waals surface area contributed by atoms with Gasteiger partial charge in [0.05, 0.1) is 17.6 Å². The topological polar surface area (TPSA) is 56.1 Å². The number of hydrogen-bond donors (Lipinski definition) is 1. The van der Waals surface area contributed by atoms with Gasteiger partial charge in [0.25, 0.3) is 5.56 Å². The van der Waals surface area contributed by atoms with Crippen molar-refractivity contribution in [3.05, 3.63) is 45.3 Å². The molecule has 0 spiro atoms. The minimum atomic E-state index is -4.63. The second kappa shape index (κ2) is 6.57. The smallest absolute Gasteiger partial charge is 0.428 e. The molecule has 0 aliphatic rings. The number of ether oxygens (including phenoxy) is 1. The summed E-state index contributed by atoms with van der Waals surface area (Å²) in [4.78, 5) is 12.2. The average molecular weight is 396 g/mol. The zero-order valence-electron chi connectivity index (χ0n) is 11.6. The lowest BCUT2D eigenvalue weighted by molar-refractivity contribution is -0.253. The van der Waals surface area contributed by atoms with Gasteiger partial charge in [0, 0.05) is 13.1 Å². The first-order valence-corrected chi connectivity index (χ1v) is 6.96. The molecule has 1 aromatic heterocycles. The van der Waals surface area contributed by atoms with Crippen LogP contribution in [0.4, 0.5) is 23.2 Å². The zero-order chi connectivity index (χ0) is 17.2. The average Bonchev–Trinajstić information content (AvgIpc) is 2.49. The molecule has 1 N–H and O–H groups in total. The molecule has 2 aromatic rings. The maximum absolute atomic E-state index is 12.9. The molecule has 0 saturated carbocycles. The fraction of sp³-hybridized carbons (Fsp3) is 0.231. The van der Waals surface area contributed by atoms with E-state index in [1.165, 1.54) is 18.3 Å². The van der Waals surface area contributed by atoms with Gasteiger partial charge in [0.15, 0.2) is 0 Å². The first-order chi connectivity index (χ1) is 10.8. The molecule has 0 saturated heterocycles. The minimum absolute atomic E-state index is 0.0842. The standard InChI is InChI=1S/C13H10BrF4N3O2/c1-19-9-6-20-21(11(22)10(9)14)7-3-2-4-8(5-7)23-13(17,18)12(15)16/h2-6,12,19H,1H3. The van der Waals surface area contributed by atoms with E-state index in [1.54, 1.807) is 7.05 Å². The Morgan fingerprint density at radius 2 is 2.09 bits per heavy atom. The van der Waals surface area contributed by atoms with Crippen LogP contribution in [0, 0.1) is 0 Å². The van der Waals surface area contributed by atoms with Crippen LogP contribution in [0.25, 0.3) is 5.69 Å². The Labute approximate surface area is 136 Å². The summed E-state index contributed by atoms with van der Waals surface area (Å²) < 4.78 is 55.3. The Morgan fingerprint density at radius 1 is 1.39 bits per heavy atom. The van der Waals surface area contributed by atoms with Crippen LogP contribution in [0.15, 0.2) is 39.7 Å². The molecule has 2 rings (SSSR count). The van der Waals surface area contributed by atoms with Crippen LogP contribution in [0.1, 0.15) is 0 Å². The van der Waals surface area contributed by atoms with Gasteiger partial charge >= 0.3 is 12.5 Å². The van der Waals surface area contributed by atoms with Gasteiger partial charge in [-0.2, -0.15) is 27.3 Å². The molecule has 5 nitrogen and oxygen atoms in total. The summed E-state index contributed by atoms with van der Waals surface area (Å²) in [5, 5.41) is 6.61. The molecule has 0 atom stereocenters. The Morgan fingerprint density at radius 3 is 2.70 bits per heavy atom. The molecule has 1 heterocycles. The lowest BCUT2D eigenvalue weighted by atomic mass is 10.3. The van der Waals surface area contributed by atoms with Crippen molar-refractivity contribution < 1.29 is 22.3 Å². The van der Waals surface area contributed by atoms with Crippen LogP contribution in [-0.4, -0.2) is 29.4 Å². The molecule has 0 unspecified atom stereocenters. The number of halogens is 5. The van der Waals surface area contributed by atoms with Gasteiger partial charge in [-0.1, -0.05) is 6.07 Å². The van der Waals surface area contributed by atoms with Crippen LogP contribution in [0.5, 0.6) is 5.75 Å². The number of rotatable bonds is 5. The van der Waals surface area contributed by atoms with E-state index in [1.807, 2.05) is 0 Å². The molecule has 0 aliphatic heterocycles. The number of benzene rings is 1. The maximum Gasteiger partial charge on any atom is 0.461 e. The molecule has 0 aliphatic carbocycles. The third-order valence-electron chi connectivity index (χ3n) is 2.76. The van der Waals surface area contributed by atoms with Crippen molar-refractivity contribution in [1.82, 2.24) is 9.78 Å². The number of anilines is 1. The predicted octanol–water partition coefficient (Wildman–Crippen LogP) is 3.27. The van der Waals surface area contributed by atoms with Crippen molar-refractivity contribution in [2.45, 2.75) is 12.5 Å². The second-order valence-electron chi connectivity index (χ2n) is 4.30. The fourth-order valence-electron chi connectivity index (χ4n) is 1.67. The molecular weight excluding hydrogens is 386 g/mol. The van der Waals surface area contributed by atoms with Crippen molar-refractivity contribution in [3.8, 4) is 11.4 Å². The molecular formula is C13H10BrF4N3O2. The van der Waals surface area contributed by atoms with Crippen LogP contribution in [0.3, 0.4) is 0 Å². The third kappa shape index (κ3) is 3.63. The van der Waals surface area contributed by atoms with Crippen molar-refractivity contribution >= 4 is 21.6 Å². The Balaban J connectivity index is 2.42. The summed E-state index contributed by atoms with van der Waals surface area (Å²) in [5.41, 5.74) is -0.0431. The van der Waals surface area contributed by atoms with E-state index in [2.05, 4.69) is 31.1 Å². The van der Waals surface area contributed by atoms with Crippen molar-refractivity contribution in [2.24, 2.45) is 0 Å². The normalized spacial score (nSPS) is 11.6. The highest BCUT2D eigenvalue weighted by atomic mass is 79.9. The third-order valence-corrected chi connectivity index (χ3v) is 3.52. The van der Waals surface area contributed by atoms with Gasteiger partial charge in [0.1, 0.15) is 10.2 Å². The monoisotopic (exact) mass is 395 g/mol. The van der Waals surface area contributed by atoms with E-state index >= 15 is 0 Å². The molecule has 124 valence electrons. The van der Waals surface area contributed by atoms with E-state index in [4.69, 9.17) is 0 Å². The van der Waals surface area contributed by atoms with E-state index in [-0.39, 0.29) is 10.2 Å². The molecule has 0 amide bonds. The first-order valence-electron chi connectivity index (χ1n) is 6.17. The summed E-state index contributed by atoms with van der Waals surface area (Å²) in [6.07, 6.45) is -7.27. The molecule has 0 fully saturated rings. The van der Waals surface area contributed by atoms with E-state index < -0.39 is 23.8 Å². The van der Waals surface area contributed by atoms with Gasteiger partial charge in [-0.25, -0.2) is 0 Å². The zero-order valence-corrected chi connectivity index (χ0v) is 13.2. The van der Waals surface area contributed by atoms with Crippen LogP contribution in [-0.2, 0) is 0 Å². The number of aromatic nitrogens is 2. The molecule has 1 aromatic carbocycles. The Kier molecular flexibility index (Phi) is 4.93. The van der Waals surface area contributed by atoms with Crippen molar-refractivity contribution in [2.75, 3.05) is 12.4 Å². The lowest BCUT2D eigenvalue weighted by Gasteiger charge is -2.17. The highest BCUT2D eigenvalue weighted by Crippen LogP contribution is 2.28. The van der Waals surface area contributed by atoms with Crippen molar-refractivity contribution in [1.29, 1.82) is 0 Å². The number of alkyl halides is 4. The van der Waals surface area contributed by atoms with Gasteiger partial charge < -0.3 is 10.1 Å². The summed E-state index contributed by atoms with van der Waals surface area (Å²) in [7, 11) is 1.59. The van der Waals surface area contributed by atoms with Crippen LogP contribution < -0.4 is 15.6 Å². The van der Waals surface area contributed by atoms with Crippen LogP contribution in [0.2, 0.25) is 0 Å². The predicted molar refractivity (Wildman–Crippen MR) is 78.7 cm³/mol. The minimum Gasteiger partial charge on any atom is -0.428 e. The summed E-state index contributed by atoms with van der Waals surface area (Å²) in [6.45, 7) is 0. The van der Waals surface area contributed by atoms with Gasteiger partial charge in [0.2, 0.25) is 0 Å². The van der Waals surface area contributed by atoms with Gasteiger partial charge in [-0.05, 0) is 28.1 Å². The fourth-order valence-corrected chi connectivity index (χ4v) is 2.14.